The summed E-state index contributed by atoms with van der Waals surface area (Å²) in [6.45, 7) is 6.89. The van der Waals surface area contributed by atoms with Crippen LogP contribution >= 0.6 is 11.6 Å². The largest absolute Gasteiger partial charge is 0.506 e. The van der Waals surface area contributed by atoms with Crippen LogP contribution in [0.1, 0.15) is 37.3 Å². The monoisotopic (exact) mass is 241 g/mol. The van der Waals surface area contributed by atoms with Gasteiger partial charge in [-0.3, -0.25) is 0 Å². The molecule has 3 N–H and O–H groups in total. The quantitative estimate of drug-likeness (QED) is 0.848. The maximum atomic E-state index is 10.1. The molecule has 0 fully saturated rings. The molecule has 90 valence electrons. The highest BCUT2D eigenvalue weighted by molar-refractivity contribution is 6.32. The van der Waals surface area contributed by atoms with Gasteiger partial charge in [-0.1, -0.05) is 31.5 Å². The van der Waals surface area contributed by atoms with Gasteiger partial charge in [-0.05, 0) is 43.4 Å². The molecular weight excluding hydrogens is 222 g/mol. The van der Waals surface area contributed by atoms with Crippen LogP contribution in [0.15, 0.2) is 12.1 Å². The molecule has 0 aliphatic carbocycles. The summed E-state index contributed by atoms with van der Waals surface area (Å²) in [6, 6.07) is 3.68. The first kappa shape index (κ1) is 13.3. The smallest absolute Gasteiger partial charge is 0.137 e. The lowest BCUT2D eigenvalue weighted by atomic mass is 9.83. The molecule has 1 atom stereocenters. The SMILES string of the molecule is Cc1ccc(Cl)c(O)c1C(CCN)C(C)C. The zero-order chi connectivity index (χ0) is 12.3. The molecule has 0 amide bonds. The van der Waals surface area contributed by atoms with Crippen molar-refractivity contribution in [2.45, 2.75) is 33.1 Å². The van der Waals surface area contributed by atoms with E-state index in [2.05, 4.69) is 13.8 Å². The first-order chi connectivity index (χ1) is 7.49. The molecule has 0 spiro atoms. The van der Waals surface area contributed by atoms with Crippen molar-refractivity contribution in [2.24, 2.45) is 11.7 Å². The fraction of sp³-hybridized carbons (Fsp3) is 0.538. The van der Waals surface area contributed by atoms with E-state index >= 15 is 0 Å². The van der Waals surface area contributed by atoms with E-state index in [4.69, 9.17) is 17.3 Å². The van der Waals surface area contributed by atoms with Gasteiger partial charge < -0.3 is 10.8 Å². The summed E-state index contributed by atoms with van der Waals surface area (Å²) in [5.41, 5.74) is 7.66. The van der Waals surface area contributed by atoms with Crippen molar-refractivity contribution in [3.8, 4) is 5.75 Å². The number of halogens is 1. The van der Waals surface area contributed by atoms with Gasteiger partial charge in [0, 0.05) is 5.56 Å². The zero-order valence-corrected chi connectivity index (χ0v) is 10.9. The highest BCUT2D eigenvalue weighted by Crippen LogP contribution is 2.39. The summed E-state index contributed by atoms with van der Waals surface area (Å²) in [7, 11) is 0. The third-order valence-electron chi connectivity index (χ3n) is 3.04. The van der Waals surface area contributed by atoms with Crippen LogP contribution in [0.3, 0.4) is 0 Å². The maximum Gasteiger partial charge on any atom is 0.137 e. The number of phenolic OH excluding ortho intramolecular Hbond substituents is 1. The van der Waals surface area contributed by atoms with E-state index in [0.29, 0.717) is 17.5 Å². The first-order valence-corrected chi connectivity index (χ1v) is 6.04. The van der Waals surface area contributed by atoms with Crippen LogP contribution in [0, 0.1) is 12.8 Å². The number of aryl methyl sites for hydroxylation is 1. The van der Waals surface area contributed by atoms with Gasteiger partial charge in [-0.15, -0.1) is 0 Å². The van der Waals surface area contributed by atoms with E-state index in [0.717, 1.165) is 17.5 Å². The highest BCUT2D eigenvalue weighted by atomic mass is 35.5. The van der Waals surface area contributed by atoms with Crippen molar-refractivity contribution in [3.63, 3.8) is 0 Å². The molecule has 3 heteroatoms. The topological polar surface area (TPSA) is 46.2 Å². The Hall–Kier alpha value is -0.730. The minimum absolute atomic E-state index is 0.216. The van der Waals surface area contributed by atoms with E-state index in [-0.39, 0.29) is 11.7 Å². The number of benzene rings is 1. The van der Waals surface area contributed by atoms with Crippen molar-refractivity contribution in [1.82, 2.24) is 0 Å². The fourth-order valence-corrected chi connectivity index (χ4v) is 2.31. The van der Waals surface area contributed by atoms with Crippen LogP contribution in [0.25, 0.3) is 0 Å². The second-order valence-corrected chi connectivity index (χ2v) is 4.96. The van der Waals surface area contributed by atoms with Gasteiger partial charge in [0.25, 0.3) is 0 Å². The number of nitrogens with two attached hydrogens (primary N) is 1. The van der Waals surface area contributed by atoms with Crippen LogP contribution in [-0.4, -0.2) is 11.7 Å². The standard InChI is InChI=1S/C13H20ClNO/c1-8(2)10(6-7-15)12-9(3)4-5-11(14)13(12)16/h4-5,8,10,16H,6-7,15H2,1-3H3. The molecule has 0 aliphatic heterocycles. The van der Waals surface area contributed by atoms with Crippen LogP contribution < -0.4 is 5.73 Å². The van der Waals surface area contributed by atoms with Gasteiger partial charge in [-0.2, -0.15) is 0 Å². The Morgan fingerprint density at radius 3 is 2.50 bits per heavy atom. The third kappa shape index (κ3) is 2.69. The molecule has 1 unspecified atom stereocenters. The number of rotatable bonds is 4. The molecule has 1 aromatic carbocycles. The normalized spacial score (nSPS) is 13.1. The van der Waals surface area contributed by atoms with E-state index in [9.17, 15) is 5.11 Å². The van der Waals surface area contributed by atoms with Crippen molar-refractivity contribution in [1.29, 1.82) is 0 Å². The molecular formula is C13H20ClNO. The predicted molar refractivity (Wildman–Crippen MR) is 69.1 cm³/mol. The lowest BCUT2D eigenvalue weighted by Gasteiger charge is -2.24. The number of hydrogen-bond donors (Lipinski definition) is 2. The molecule has 2 nitrogen and oxygen atoms in total. The Morgan fingerprint density at radius 2 is 2.00 bits per heavy atom. The maximum absolute atomic E-state index is 10.1. The van der Waals surface area contributed by atoms with Gasteiger partial charge in [-0.25, -0.2) is 0 Å². The predicted octanol–water partition coefficient (Wildman–Crippen LogP) is 3.44. The van der Waals surface area contributed by atoms with Gasteiger partial charge in [0.2, 0.25) is 0 Å². The summed E-state index contributed by atoms with van der Waals surface area (Å²) in [5.74, 6) is 0.920. The number of hydrogen-bond acceptors (Lipinski definition) is 2. The second-order valence-electron chi connectivity index (χ2n) is 4.55. The summed E-state index contributed by atoms with van der Waals surface area (Å²) in [6.07, 6.45) is 0.867. The summed E-state index contributed by atoms with van der Waals surface area (Å²) < 4.78 is 0. The molecule has 0 heterocycles. The zero-order valence-electron chi connectivity index (χ0n) is 10.1. The fourth-order valence-electron chi connectivity index (χ4n) is 2.14. The molecule has 0 radical (unpaired) electrons. The Kier molecular flexibility index (Phi) is 4.63. The Bertz CT molecular complexity index is 363. The van der Waals surface area contributed by atoms with E-state index in [1.54, 1.807) is 6.07 Å². The van der Waals surface area contributed by atoms with Crippen molar-refractivity contribution < 1.29 is 5.11 Å². The molecule has 16 heavy (non-hydrogen) atoms. The molecule has 1 rings (SSSR count). The number of aromatic hydroxyl groups is 1. The van der Waals surface area contributed by atoms with Crippen molar-refractivity contribution >= 4 is 11.6 Å². The summed E-state index contributed by atoms with van der Waals surface area (Å²) in [4.78, 5) is 0. The lowest BCUT2D eigenvalue weighted by molar-refractivity contribution is 0.423. The van der Waals surface area contributed by atoms with Crippen molar-refractivity contribution in [3.05, 3.63) is 28.3 Å². The molecule has 0 saturated carbocycles. The molecule has 0 aromatic heterocycles. The average Bonchev–Trinajstić information content (AvgIpc) is 2.22. The highest BCUT2D eigenvalue weighted by Gasteiger charge is 2.21. The van der Waals surface area contributed by atoms with Crippen molar-refractivity contribution in [2.75, 3.05) is 6.54 Å². The Balaban J connectivity index is 3.22. The van der Waals surface area contributed by atoms with Gasteiger partial charge >= 0.3 is 0 Å². The van der Waals surface area contributed by atoms with Gasteiger partial charge in [0.15, 0.2) is 0 Å². The van der Waals surface area contributed by atoms with E-state index in [1.807, 2.05) is 13.0 Å². The van der Waals surface area contributed by atoms with Crippen LogP contribution in [-0.2, 0) is 0 Å². The first-order valence-electron chi connectivity index (χ1n) is 5.67. The van der Waals surface area contributed by atoms with Crippen LogP contribution in [0.5, 0.6) is 5.75 Å². The Morgan fingerprint density at radius 1 is 1.38 bits per heavy atom. The minimum Gasteiger partial charge on any atom is -0.506 e. The summed E-state index contributed by atoms with van der Waals surface area (Å²) in [5, 5.41) is 10.5. The van der Waals surface area contributed by atoms with Gasteiger partial charge in [0.05, 0.1) is 5.02 Å². The molecule has 0 bridgehead atoms. The van der Waals surface area contributed by atoms with Gasteiger partial charge in [0.1, 0.15) is 5.75 Å². The van der Waals surface area contributed by atoms with E-state index < -0.39 is 0 Å². The minimum atomic E-state index is 0.216. The number of phenols is 1. The second kappa shape index (κ2) is 5.55. The average molecular weight is 242 g/mol. The lowest BCUT2D eigenvalue weighted by Crippen LogP contribution is -2.14. The molecule has 0 saturated heterocycles. The van der Waals surface area contributed by atoms with Crippen LogP contribution in [0.4, 0.5) is 0 Å². The third-order valence-corrected chi connectivity index (χ3v) is 3.34. The molecule has 0 aliphatic rings. The Labute approximate surface area is 102 Å². The van der Waals surface area contributed by atoms with E-state index in [1.165, 1.54) is 0 Å². The van der Waals surface area contributed by atoms with Crippen LogP contribution in [0.2, 0.25) is 5.02 Å². The molecule has 1 aromatic rings. The summed E-state index contributed by atoms with van der Waals surface area (Å²) >= 11 is 5.95.